The van der Waals surface area contributed by atoms with Crippen LogP contribution in [0.1, 0.15) is 135 Å². The monoisotopic (exact) mass is 436 g/mol. The topological polar surface area (TPSA) is 0 Å². The first kappa shape index (κ1) is 26.9. The summed E-state index contributed by atoms with van der Waals surface area (Å²) >= 11 is 0. The molecule has 0 bridgehead atoms. The molecule has 0 aliphatic carbocycles. The summed E-state index contributed by atoms with van der Waals surface area (Å²) < 4.78 is 0. The fourth-order valence-corrected chi connectivity index (χ4v) is 5.18. The maximum atomic E-state index is 2.45. The number of unbranched alkanes of at least 4 members (excludes halogenated alkanes) is 14. The van der Waals surface area contributed by atoms with Crippen molar-refractivity contribution in [3.05, 3.63) is 48.0 Å². The largest absolute Gasteiger partial charge is 0.0654 e. The van der Waals surface area contributed by atoms with E-state index in [2.05, 4.69) is 56.3 Å². The predicted octanol–water partition coefficient (Wildman–Crippen LogP) is 11.1. The zero-order valence-electron chi connectivity index (χ0n) is 21.6. The molecule has 0 radical (unpaired) electrons. The van der Waals surface area contributed by atoms with Crippen LogP contribution in [0.4, 0.5) is 0 Å². The molecule has 0 saturated heterocycles. The molecule has 2 rings (SSSR count). The van der Waals surface area contributed by atoms with Crippen molar-refractivity contribution >= 4 is 10.8 Å². The van der Waals surface area contributed by atoms with Crippen LogP contribution in [0.2, 0.25) is 0 Å². The molecular formula is C32H52. The van der Waals surface area contributed by atoms with Gasteiger partial charge in [0.1, 0.15) is 0 Å². The first-order valence-corrected chi connectivity index (χ1v) is 14.3. The van der Waals surface area contributed by atoms with Crippen LogP contribution in [-0.2, 0) is 6.42 Å². The minimum absolute atomic E-state index is 0.872. The molecule has 1 unspecified atom stereocenters. The van der Waals surface area contributed by atoms with Gasteiger partial charge in [0, 0.05) is 0 Å². The molecule has 2 aromatic rings. The van der Waals surface area contributed by atoms with Gasteiger partial charge < -0.3 is 0 Å². The van der Waals surface area contributed by atoms with Gasteiger partial charge in [-0.2, -0.15) is 0 Å². The SMILES string of the molecule is CCCCCCCCCCCC(CCCCCCCCC)Cc1ccc2ccccc2c1. The standard InChI is InChI=1S/C32H52/c1-3-5-7-9-11-12-14-16-18-22-29(21-17-15-13-10-8-6-4-2)27-30-25-26-31-23-19-20-24-32(31)28-30/h19-20,23-26,28-29H,3-18,21-22,27H2,1-2H3. The van der Waals surface area contributed by atoms with Gasteiger partial charge in [-0.25, -0.2) is 0 Å². The Morgan fingerprint density at radius 2 is 0.969 bits per heavy atom. The van der Waals surface area contributed by atoms with E-state index in [0.717, 1.165) is 5.92 Å². The lowest BCUT2D eigenvalue weighted by Gasteiger charge is -2.18. The number of benzene rings is 2. The maximum Gasteiger partial charge on any atom is -0.0181 e. The highest BCUT2D eigenvalue weighted by atomic mass is 14.2. The molecule has 180 valence electrons. The van der Waals surface area contributed by atoms with E-state index in [1.165, 1.54) is 133 Å². The molecule has 2 aromatic carbocycles. The van der Waals surface area contributed by atoms with Gasteiger partial charge in [-0.3, -0.25) is 0 Å². The molecule has 0 heterocycles. The Balaban J connectivity index is 1.73. The minimum atomic E-state index is 0.872. The fraction of sp³-hybridized carbons (Fsp3) is 0.688. The molecule has 0 saturated carbocycles. The number of rotatable bonds is 20. The van der Waals surface area contributed by atoms with Gasteiger partial charge in [0.2, 0.25) is 0 Å². The highest BCUT2D eigenvalue weighted by Crippen LogP contribution is 2.25. The van der Waals surface area contributed by atoms with Gasteiger partial charge in [-0.15, -0.1) is 0 Å². The first-order valence-electron chi connectivity index (χ1n) is 14.3. The van der Waals surface area contributed by atoms with Gasteiger partial charge in [0.25, 0.3) is 0 Å². The Kier molecular flexibility index (Phi) is 15.3. The summed E-state index contributed by atoms with van der Waals surface area (Å²) in [6, 6.07) is 16.0. The Labute approximate surface area is 200 Å². The van der Waals surface area contributed by atoms with Crippen molar-refractivity contribution in [1.82, 2.24) is 0 Å². The van der Waals surface area contributed by atoms with Crippen molar-refractivity contribution in [2.45, 2.75) is 136 Å². The quantitative estimate of drug-likeness (QED) is 0.181. The van der Waals surface area contributed by atoms with Crippen LogP contribution in [-0.4, -0.2) is 0 Å². The summed E-state index contributed by atoms with van der Waals surface area (Å²) in [5, 5.41) is 2.78. The molecule has 0 aliphatic heterocycles. The molecule has 0 nitrogen and oxygen atoms in total. The zero-order chi connectivity index (χ0) is 22.7. The zero-order valence-corrected chi connectivity index (χ0v) is 21.6. The van der Waals surface area contributed by atoms with Crippen molar-refractivity contribution in [3.8, 4) is 0 Å². The van der Waals surface area contributed by atoms with Gasteiger partial charge >= 0.3 is 0 Å². The second kappa shape index (κ2) is 18.2. The Hall–Kier alpha value is -1.30. The van der Waals surface area contributed by atoms with Crippen LogP contribution in [0.25, 0.3) is 10.8 Å². The number of hydrogen-bond donors (Lipinski definition) is 0. The van der Waals surface area contributed by atoms with Crippen molar-refractivity contribution in [2.75, 3.05) is 0 Å². The van der Waals surface area contributed by atoms with Crippen LogP contribution in [0.15, 0.2) is 42.5 Å². The van der Waals surface area contributed by atoms with E-state index >= 15 is 0 Å². The van der Waals surface area contributed by atoms with Crippen LogP contribution in [0.3, 0.4) is 0 Å². The van der Waals surface area contributed by atoms with Gasteiger partial charge in [-0.05, 0) is 28.7 Å². The first-order chi connectivity index (χ1) is 15.8. The van der Waals surface area contributed by atoms with Crippen molar-refractivity contribution < 1.29 is 0 Å². The van der Waals surface area contributed by atoms with Crippen molar-refractivity contribution in [2.24, 2.45) is 5.92 Å². The summed E-state index contributed by atoms with van der Waals surface area (Å²) in [6.45, 7) is 4.62. The lowest BCUT2D eigenvalue weighted by Crippen LogP contribution is -2.05. The Morgan fingerprint density at radius 3 is 1.50 bits per heavy atom. The second-order valence-electron chi connectivity index (χ2n) is 10.3. The molecule has 0 fully saturated rings. The summed E-state index contributed by atoms with van der Waals surface area (Å²) in [4.78, 5) is 0. The molecule has 0 aromatic heterocycles. The van der Waals surface area contributed by atoms with E-state index in [9.17, 15) is 0 Å². The normalized spacial score (nSPS) is 12.4. The summed E-state index contributed by atoms with van der Waals surface area (Å²) in [5.41, 5.74) is 1.55. The molecular weight excluding hydrogens is 384 g/mol. The van der Waals surface area contributed by atoms with Crippen molar-refractivity contribution in [1.29, 1.82) is 0 Å². The lowest BCUT2D eigenvalue weighted by atomic mass is 9.88. The van der Waals surface area contributed by atoms with E-state index in [1.807, 2.05) is 0 Å². The van der Waals surface area contributed by atoms with E-state index in [-0.39, 0.29) is 0 Å². The summed E-state index contributed by atoms with van der Waals surface area (Å²) in [7, 11) is 0. The molecule has 0 N–H and O–H groups in total. The summed E-state index contributed by atoms with van der Waals surface area (Å²) in [5.74, 6) is 0.872. The van der Waals surface area contributed by atoms with Crippen LogP contribution < -0.4 is 0 Å². The molecule has 0 amide bonds. The highest BCUT2D eigenvalue weighted by molar-refractivity contribution is 5.82. The lowest BCUT2D eigenvalue weighted by molar-refractivity contribution is 0.400. The highest BCUT2D eigenvalue weighted by Gasteiger charge is 2.10. The van der Waals surface area contributed by atoms with E-state index in [4.69, 9.17) is 0 Å². The third-order valence-corrected chi connectivity index (χ3v) is 7.27. The Morgan fingerprint density at radius 1 is 0.500 bits per heavy atom. The third-order valence-electron chi connectivity index (χ3n) is 7.27. The third kappa shape index (κ3) is 12.1. The minimum Gasteiger partial charge on any atom is -0.0654 e. The Bertz CT molecular complexity index is 685. The van der Waals surface area contributed by atoms with E-state index in [0.29, 0.717) is 0 Å². The van der Waals surface area contributed by atoms with Crippen LogP contribution in [0, 0.1) is 5.92 Å². The average Bonchev–Trinajstić information content (AvgIpc) is 2.82. The van der Waals surface area contributed by atoms with Gasteiger partial charge in [-0.1, -0.05) is 172 Å². The summed E-state index contributed by atoms with van der Waals surface area (Å²) in [6.07, 6.45) is 27.0. The second-order valence-corrected chi connectivity index (χ2v) is 10.3. The molecule has 1 atom stereocenters. The smallest absolute Gasteiger partial charge is 0.0181 e. The molecule has 0 spiro atoms. The maximum absolute atomic E-state index is 2.45. The van der Waals surface area contributed by atoms with E-state index in [1.54, 1.807) is 5.56 Å². The number of hydrogen-bond acceptors (Lipinski definition) is 0. The van der Waals surface area contributed by atoms with E-state index < -0.39 is 0 Å². The average molecular weight is 437 g/mol. The van der Waals surface area contributed by atoms with Crippen LogP contribution >= 0.6 is 0 Å². The molecule has 32 heavy (non-hydrogen) atoms. The molecule has 0 heteroatoms. The fourth-order valence-electron chi connectivity index (χ4n) is 5.18. The van der Waals surface area contributed by atoms with Gasteiger partial charge in [0.15, 0.2) is 0 Å². The predicted molar refractivity (Wildman–Crippen MR) is 146 cm³/mol. The van der Waals surface area contributed by atoms with Crippen molar-refractivity contribution in [3.63, 3.8) is 0 Å². The number of fused-ring (bicyclic) bond motifs is 1. The molecule has 0 aliphatic rings. The van der Waals surface area contributed by atoms with Crippen LogP contribution in [0.5, 0.6) is 0 Å². The van der Waals surface area contributed by atoms with Gasteiger partial charge in [0.05, 0.1) is 0 Å².